The molecule has 3 heterocycles. The topological polar surface area (TPSA) is 19.6 Å². The van der Waals surface area contributed by atoms with Crippen LogP contribution in [0.5, 0.6) is 0 Å². The van der Waals surface area contributed by atoms with Crippen LogP contribution in [0.4, 0.5) is 11.4 Å². The third-order valence-corrected chi connectivity index (χ3v) is 9.19. The van der Waals surface area contributed by atoms with Gasteiger partial charge in [-0.1, -0.05) is 60.7 Å². The summed E-state index contributed by atoms with van der Waals surface area (Å²) < 4.78 is 6.69. The molecule has 1 aromatic carbocycles. The number of fused-ring (bicyclic) bond motifs is 8. The van der Waals surface area contributed by atoms with Gasteiger partial charge in [0.05, 0.1) is 11.4 Å². The van der Waals surface area contributed by atoms with Crippen molar-refractivity contribution in [2.45, 2.75) is 57.2 Å². The maximum absolute atomic E-state index is 6.69. The lowest BCUT2D eigenvalue weighted by Gasteiger charge is -2.38. The van der Waals surface area contributed by atoms with Crippen LogP contribution in [0.15, 0.2) is 76.8 Å². The van der Waals surface area contributed by atoms with E-state index in [0.29, 0.717) is 17.9 Å². The summed E-state index contributed by atoms with van der Waals surface area (Å²) in [5.41, 5.74) is 8.69. The lowest BCUT2D eigenvalue weighted by molar-refractivity contribution is 0.398. The highest BCUT2D eigenvalue weighted by Gasteiger charge is 2.49. The van der Waals surface area contributed by atoms with Crippen molar-refractivity contribution in [1.82, 2.24) is 0 Å². The molecule has 4 atom stereocenters. The molecule has 0 saturated heterocycles. The SMILES string of the molecule is C1=CCC(C2C=CC(N3c4ccccc4N4CC5=C(c6oc7c(c6CC5)C=CCC7)C43)CC2)C=C1. The van der Waals surface area contributed by atoms with Crippen LogP contribution in [0.1, 0.15) is 54.8 Å². The Bertz CT molecular complexity index is 1350. The Labute approximate surface area is 207 Å². The van der Waals surface area contributed by atoms with Gasteiger partial charge >= 0.3 is 0 Å². The fraction of sp³-hybridized carbons (Fsp3) is 0.375. The number of benzene rings is 1. The minimum absolute atomic E-state index is 0.252. The second-order valence-electron chi connectivity index (χ2n) is 11.0. The smallest absolute Gasteiger partial charge is 0.138 e. The summed E-state index contributed by atoms with van der Waals surface area (Å²) in [5.74, 6) is 3.72. The molecule has 0 bridgehead atoms. The number of furan rings is 1. The second-order valence-corrected chi connectivity index (χ2v) is 11.0. The van der Waals surface area contributed by atoms with Crippen LogP contribution in [0.2, 0.25) is 0 Å². The Morgan fingerprint density at radius 2 is 1.80 bits per heavy atom. The maximum atomic E-state index is 6.69. The van der Waals surface area contributed by atoms with E-state index in [4.69, 9.17) is 4.42 Å². The van der Waals surface area contributed by atoms with Crippen LogP contribution in [0.3, 0.4) is 0 Å². The van der Waals surface area contributed by atoms with Gasteiger partial charge < -0.3 is 14.2 Å². The quantitative estimate of drug-likeness (QED) is 0.447. The predicted octanol–water partition coefficient (Wildman–Crippen LogP) is 7.07. The molecule has 0 radical (unpaired) electrons. The Morgan fingerprint density at radius 1 is 0.857 bits per heavy atom. The summed E-state index contributed by atoms with van der Waals surface area (Å²) in [6.45, 7) is 1.03. The zero-order chi connectivity index (χ0) is 22.9. The summed E-state index contributed by atoms with van der Waals surface area (Å²) in [7, 11) is 0. The van der Waals surface area contributed by atoms with Crippen molar-refractivity contribution in [2.75, 3.05) is 16.3 Å². The molecule has 3 heteroatoms. The summed E-state index contributed by atoms with van der Waals surface area (Å²) in [6.07, 6.45) is 27.2. The molecule has 176 valence electrons. The van der Waals surface area contributed by atoms with Crippen LogP contribution in [-0.2, 0) is 12.8 Å². The van der Waals surface area contributed by atoms with E-state index in [2.05, 4.69) is 82.7 Å². The Morgan fingerprint density at radius 3 is 2.66 bits per heavy atom. The van der Waals surface area contributed by atoms with Gasteiger partial charge in [0.15, 0.2) is 0 Å². The van der Waals surface area contributed by atoms with Crippen molar-refractivity contribution < 1.29 is 4.42 Å². The van der Waals surface area contributed by atoms with Crippen LogP contribution >= 0.6 is 0 Å². The molecular formula is C32H32N2O. The predicted molar refractivity (Wildman–Crippen MR) is 143 cm³/mol. The average molecular weight is 461 g/mol. The third-order valence-electron chi connectivity index (χ3n) is 9.19. The standard InChI is InChI=1S/C32H32N2O/c1-2-8-21(9-3-1)22-14-17-24(18-15-22)34-28-12-6-5-11-27(28)33-20-23-16-19-26-25-10-4-7-13-29(25)35-31(26)30(23)32(33)34/h1-6,8,10-12,14,17,21-22,24,32H,7,9,13,15-16,18-20H2. The Hall–Kier alpha value is -3.20. The van der Waals surface area contributed by atoms with E-state index < -0.39 is 0 Å². The molecule has 8 rings (SSSR count). The van der Waals surface area contributed by atoms with Gasteiger partial charge in [-0.05, 0) is 68.1 Å². The molecule has 4 unspecified atom stereocenters. The summed E-state index contributed by atoms with van der Waals surface area (Å²) in [5, 5.41) is 0. The van der Waals surface area contributed by atoms with Crippen molar-refractivity contribution in [3.63, 3.8) is 0 Å². The number of nitrogens with zero attached hydrogens (tertiary/aromatic N) is 2. The molecular weight excluding hydrogens is 428 g/mol. The first-order valence-corrected chi connectivity index (χ1v) is 13.6. The van der Waals surface area contributed by atoms with Crippen molar-refractivity contribution in [3.05, 3.63) is 95.0 Å². The molecule has 35 heavy (non-hydrogen) atoms. The molecule has 4 aliphatic carbocycles. The molecule has 0 fully saturated rings. The molecule has 2 aromatic rings. The van der Waals surface area contributed by atoms with Gasteiger partial charge in [-0.2, -0.15) is 0 Å². The summed E-state index contributed by atoms with van der Waals surface area (Å²) >= 11 is 0. The Kier molecular flexibility index (Phi) is 4.38. The third kappa shape index (κ3) is 2.90. The zero-order valence-electron chi connectivity index (χ0n) is 20.2. The number of rotatable bonds is 2. The van der Waals surface area contributed by atoms with Crippen molar-refractivity contribution >= 4 is 23.0 Å². The molecule has 0 amide bonds. The first-order valence-electron chi connectivity index (χ1n) is 13.6. The van der Waals surface area contributed by atoms with E-state index in [9.17, 15) is 0 Å². The largest absolute Gasteiger partial charge is 0.460 e. The maximum Gasteiger partial charge on any atom is 0.138 e. The number of hydrogen-bond acceptors (Lipinski definition) is 3. The van der Waals surface area contributed by atoms with Crippen LogP contribution in [0, 0.1) is 11.8 Å². The van der Waals surface area contributed by atoms with Gasteiger partial charge in [0.2, 0.25) is 0 Å². The molecule has 3 nitrogen and oxygen atoms in total. The number of aryl methyl sites for hydroxylation is 1. The minimum atomic E-state index is 0.252. The van der Waals surface area contributed by atoms with E-state index in [0.717, 1.165) is 32.2 Å². The highest BCUT2D eigenvalue weighted by molar-refractivity contribution is 5.93. The van der Waals surface area contributed by atoms with Gasteiger partial charge in [0, 0.05) is 35.7 Å². The van der Waals surface area contributed by atoms with Gasteiger partial charge in [0.1, 0.15) is 17.7 Å². The van der Waals surface area contributed by atoms with Gasteiger partial charge in [-0.15, -0.1) is 0 Å². The number of anilines is 2. The van der Waals surface area contributed by atoms with E-state index in [-0.39, 0.29) is 6.17 Å². The normalized spacial score (nSPS) is 29.8. The zero-order valence-corrected chi connectivity index (χ0v) is 20.2. The minimum Gasteiger partial charge on any atom is -0.460 e. The van der Waals surface area contributed by atoms with E-state index in [1.807, 2.05) is 0 Å². The van der Waals surface area contributed by atoms with Crippen LogP contribution < -0.4 is 9.80 Å². The molecule has 0 saturated carbocycles. The average Bonchev–Trinajstić information content (AvgIpc) is 3.58. The van der Waals surface area contributed by atoms with E-state index >= 15 is 0 Å². The first kappa shape index (κ1) is 20.0. The highest BCUT2D eigenvalue weighted by Crippen LogP contribution is 2.54. The molecule has 2 aliphatic heterocycles. The van der Waals surface area contributed by atoms with Gasteiger partial charge in [-0.25, -0.2) is 0 Å². The number of para-hydroxylation sites is 2. The number of allylic oxidation sites excluding steroid dienone is 6. The first-order chi connectivity index (χ1) is 17.4. The fourth-order valence-electron chi connectivity index (χ4n) is 7.53. The fourth-order valence-corrected chi connectivity index (χ4v) is 7.53. The van der Waals surface area contributed by atoms with Crippen molar-refractivity contribution in [3.8, 4) is 0 Å². The summed E-state index contributed by atoms with van der Waals surface area (Å²) in [6, 6.07) is 9.50. The lowest BCUT2D eigenvalue weighted by atomic mass is 9.79. The van der Waals surface area contributed by atoms with E-state index in [1.54, 1.807) is 5.57 Å². The van der Waals surface area contributed by atoms with Gasteiger partial charge in [-0.3, -0.25) is 0 Å². The molecule has 6 aliphatic rings. The Balaban J connectivity index is 1.19. The van der Waals surface area contributed by atoms with Crippen molar-refractivity contribution in [2.24, 2.45) is 11.8 Å². The molecule has 0 N–H and O–H groups in total. The summed E-state index contributed by atoms with van der Waals surface area (Å²) in [4.78, 5) is 5.38. The molecule has 1 aromatic heterocycles. The molecule has 0 spiro atoms. The van der Waals surface area contributed by atoms with E-state index in [1.165, 1.54) is 58.9 Å². The van der Waals surface area contributed by atoms with Crippen LogP contribution in [0.25, 0.3) is 11.6 Å². The second kappa shape index (κ2) is 7.65. The highest BCUT2D eigenvalue weighted by atomic mass is 16.3. The van der Waals surface area contributed by atoms with Crippen molar-refractivity contribution in [1.29, 1.82) is 0 Å². The van der Waals surface area contributed by atoms with Gasteiger partial charge in [0.25, 0.3) is 0 Å². The lowest BCUT2D eigenvalue weighted by Crippen LogP contribution is -2.47. The van der Waals surface area contributed by atoms with Crippen LogP contribution in [-0.4, -0.2) is 18.8 Å². The number of hydrogen-bond donors (Lipinski definition) is 0. The monoisotopic (exact) mass is 460 g/mol.